The van der Waals surface area contributed by atoms with E-state index in [4.69, 9.17) is 34.3 Å². The zero-order valence-corrected chi connectivity index (χ0v) is 9.49. The molecule has 1 aromatic carbocycles. The van der Waals surface area contributed by atoms with Crippen LogP contribution in [0.4, 0.5) is 0 Å². The van der Waals surface area contributed by atoms with Crippen LogP contribution in [-0.4, -0.2) is 11.6 Å². The third-order valence-electron chi connectivity index (χ3n) is 1.75. The summed E-state index contributed by atoms with van der Waals surface area (Å²) in [7, 11) is 0. The summed E-state index contributed by atoms with van der Waals surface area (Å²) in [5, 5.41) is 0.742. The van der Waals surface area contributed by atoms with Crippen molar-refractivity contribution in [2.75, 3.05) is 6.61 Å². The van der Waals surface area contributed by atoms with Crippen molar-refractivity contribution in [3.8, 4) is 5.75 Å². The summed E-state index contributed by atoms with van der Waals surface area (Å²) in [4.78, 5) is 0.468. The number of halogens is 1. The number of ether oxygens (including phenoxy) is 1. The highest BCUT2D eigenvalue weighted by molar-refractivity contribution is 7.80. The molecule has 0 spiro atoms. The molecule has 0 heterocycles. The van der Waals surface area contributed by atoms with Gasteiger partial charge in [0.1, 0.15) is 5.75 Å². The fourth-order valence-electron chi connectivity index (χ4n) is 0.976. The van der Waals surface area contributed by atoms with Gasteiger partial charge in [0.05, 0.1) is 11.6 Å². The van der Waals surface area contributed by atoms with Crippen LogP contribution in [0.5, 0.6) is 5.75 Å². The van der Waals surface area contributed by atoms with Crippen molar-refractivity contribution in [3.05, 3.63) is 28.8 Å². The molecule has 0 aromatic heterocycles. The molecule has 0 aliphatic rings. The van der Waals surface area contributed by atoms with Crippen LogP contribution >= 0.6 is 23.8 Å². The van der Waals surface area contributed by atoms with Gasteiger partial charge < -0.3 is 10.5 Å². The second kappa shape index (κ2) is 5.17. The smallest absolute Gasteiger partial charge is 0.119 e. The van der Waals surface area contributed by atoms with Gasteiger partial charge in [0.15, 0.2) is 0 Å². The molecule has 2 N–H and O–H groups in total. The quantitative estimate of drug-likeness (QED) is 0.807. The summed E-state index contributed by atoms with van der Waals surface area (Å²) in [6.45, 7) is 2.44. The molecule has 1 rings (SSSR count). The summed E-state index contributed by atoms with van der Waals surface area (Å²) in [5.41, 5.74) is 6.34. The van der Waals surface area contributed by atoms with E-state index < -0.39 is 0 Å². The summed E-state index contributed by atoms with van der Waals surface area (Å²) < 4.78 is 5.43. The fourth-order valence-corrected chi connectivity index (χ4v) is 1.18. The van der Waals surface area contributed by atoms with Crippen LogP contribution in [-0.2, 0) is 0 Å². The van der Waals surface area contributed by atoms with E-state index in [1.54, 1.807) is 0 Å². The maximum absolute atomic E-state index is 5.87. The van der Waals surface area contributed by atoms with Gasteiger partial charge in [0.25, 0.3) is 0 Å². The monoisotopic (exact) mass is 229 g/mol. The van der Waals surface area contributed by atoms with Crippen molar-refractivity contribution < 1.29 is 4.74 Å². The minimum absolute atomic E-state index is 0.468. The van der Waals surface area contributed by atoms with Gasteiger partial charge in [0.2, 0.25) is 0 Å². The van der Waals surface area contributed by atoms with E-state index in [9.17, 15) is 0 Å². The maximum atomic E-state index is 5.87. The Balaban J connectivity index is 2.51. The predicted molar refractivity (Wildman–Crippen MR) is 63.1 cm³/mol. The largest absolute Gasteiger partial charge is 0.493 e. The topological polar surface area (TPSA) is 35.2 Å². The van der Waals surface area contributed by atoms with Gasteiger partial charge in [-0.05, 0) is 30.7 Å². The average molecular weight is 230 g/mol. The van der Waals surface area contributed by atoms with E-state index in [0.717, 1.165) is 16.3 Å². The third kappa shape index (κ3) is 3.52. The van der Waals surface area contributed by atoms with Gasteiger partial charge in [-0.2, -0.15) is 0 Å². The summed E-state index contributed by atoms with van der Waals surface area (Å²) in [6.07, 6.45) is 0.594. The number of nitrogens with two attached hydrogens (primary N) is 1. The van der Waals surface area contributed by atoms with Crippen molar-refractivity contribution in [2.45, 2.75) is 13.3 Å². The molecular formula is C10H12ClNOS. The van der Waals surface area contributed by atoms with Gasteiger partial charge in [-0.3, -0.25) is 0 Å². The molecule has 0 atom stereocenters. The van der Waals surface area contributed by atoms with Gasteiger partial charge >= 0.3 is 0 Å². The average Bonchev–Trinajstić information content (AvgIpc) is 2.10. The lowest BCUT2D eigenvalue weighted by molar-refractivity contribution is 0.329. The summed E-state index contributed by atoms with van der Waals surface area (Å²) in [5.74, 6) is 0.795. The Bertz CT molecular complexity index is 341. The van der Waals surface area contributed by atoms with E-state index in [1.807, 2.05) is 25.1 Å². The van der Waals surface area contributed by atoms with Gasteiger partial charge in [-0.25, -0.2) is 0 Å². The highest BCUT2D eigenvalue weighted by atomic mass is 35.5. The molecular weight excluding hydrogens is 218 g/mol. The number of hydrogen-bond donors (Lipinski definition) is 1. The maximum Gasteiger partial charge on any atom is 0.119 e. The first-order valence-electron chi connectivity index (χ1n) is 4.27. The highest BCUT2D eigenvalue weighted by Crippen LogP contribution is 2.20. The molecule has 0 saturated heterocycles. The minimum atomic E-state index is 0.468. The molecule has 2 nitrogen and oxygen atoms in total. The van der Waals surface area contributed by atoms with Crippen LogP contribution in [0.25, 0.3) is 0 Å². The van der Waals surface area contributed by atoms with Crippen molar-refractivity contribution in [1.29, 1.82) is 0 Å². The molecule has 0 saturated carbocycles. The SMILES string of the molecule is Cc1cc(OCCC(N)=S)ccc1Cl. The lowest BCUT2D eigenvalue weighted by atomic mass is 10.2. The Morgan fingerprint density at radius 2 is 2.29 bits per heavy atom. The van der Waals surface area contributed by atoms with Crippen LogP contribution in [0, 0.1) is 6.92 Å². The summed E-state index contributed by atoms with van der Waals surface area (Å²) >= 11 is 10.6. The van der Waals surface area contributed by atoms with Gasteiger partial charge in [-0.15, -0.1) is 0 Å². The molecule has 0 aliphatic carbocycles. The first-order chi connectivity index (χ1) is 6.59. The second-order valence-corrected chi connectivity index (χ2v) is 3.91. The number of benzene rings is 1. The normalized spacial score (nSPS) is 9.86. The number of rotatable bonds is 4. The lowest BCUT2D eigenvalue weighted by Gasteiger charge is -2.06. The van der Waals surface area contributed by atoms with E-state index in [0.29, 0.717) is 18.0 Å². The Hall–Kier alpha value is -0.800. The molecule has 4 heteroatoms. The number of aryl methyl sites for hydroxylation is 1. The molecule has 0 aliphatic heterocycles. The van der Waals surface area contributed by atoms with Crippen LogP contribution in [0.3, 0.4) is 0 Å². The van der Waals surface area contributed by atoms with Crippen LogP contribution < -0.4 is 10.5 Å². The highest BCUT2D eigenvalue weighted by Gasteiger charge is 1.98. The van der Waals surface area contributed by atoms with Gasteiger partial charge in [-0.1, -0.05) is 23.8 Å². The number of hydrogen-bond acceptors (Lipinski definition) is 2. The van der Waals surface area contributed by atoms with Crippen LogP contribution in [0.15, 0.2) is 18.2 Å². The van der Waals surface area contributed by atoms with Crippen molar-refractivity contribution >= 4 is 28.8 Å². The third-order valence-corrected chi connectivity index (χ3v) is 2.37. The van der Waals surface area contributed by atoms with Crippen LogP contribution in [0.2, 0.25) is 5.02 Å². The second-order valence-electron chi connectivity index (χ2n) is 2.98. The Morgan fingerprint density at radius 3 is 2.86 bits per heavy atom. The van der Waals surface area contributed by atoms with E-state index >= 15 is 0 Å². The molecule has 0 bridgehead atoms. The first kappa shape index (κ1) is 11.3. The zero-order chi connectivity index (χ0) is 10.6. The Kier molecular flexibility index (Phi) is 4.17. The Labute approximate surface area is 94.0 Å². The van der Waals surface area contributed by atoms with E-state index in [2.05, 4.69) is 0 Å². The van der Waals surface area contributed by atoms with Crippen molar-refractivity contribution in [3.63, 3.8) is 0 Å². The predicted octanol–water partition coefficient (Wildman–Crippen LogP) is 2.70. The molecule has 0 fully saturated rings. The molecule has 14 heavy (non-hydrogen) atoms. The lowest BCUT2D eigenvalue weighted by Crippen LogP contribution is -2.12. The van der Waals surface area contributed by atoms with E-state index in [1.165, 1.54) is 0 Å². The van der Waals surface area contributed by atoms with Crippen molar-refractivity contribution in [2.24, 2.45) is 5.73 Å². The molecule has 0 radical (unpaired) electrons. The zero-order valence-electron chi connectivity index (χ0n) is 7.92. The summed E-state index contributed by atoms with van der Waals surface area (Å²) in [6, 6.07) is 5.53. The number of thiocarbonyl (C=S) groups is 1. The standard InChI is InChI=1S/C10H12ClNOS/c1-7-6-8(2-3-9(7)11)13-5-4-10(12)14/h2-3,6H,4-5H2,1H3,(H2,12,14). The van der Waals surface area contributed by atoms with E-state index in [-0.39, 0.29) is 0 Å². The molecule has 1 aromatic rings. The van der Waals surface area contributed by atoms with Crippen molar-refractivity contribution in [1.82, 2.24) is 0 Å². The Morgan fingerprint density at radius 1 is 1.57 bits per heavy atom. The molecule has 0 amide bonds. The first-order valence-corrected chi connectivity index (χ1v) is 5.05. The van der Waals surface area contributed by atoms with Gasteiger partial charge in [0, 0.05) is 11.4 Å². The van der Waals surface area contributed by atoms with Crippen LogP contribution in [0.1, 0.15) is 12.0 Å². The molecule has 76 valence electrons. The fraction of sp³-hybridized carbons (Fsp3) is 0.300. The molecule has 0 unspecified atom stereocenters. The minimum Gasteiger partial charge on any atom is -0.493 e.